The van der Waals surface area contributed by atoms with Crippen LogP contribution in [0.15, 0.2) is 18.2 Å². The van der Waals surface area contributed by atoms with Gasteiger partial charge < -0.3 is 15.2 Å². The van der Waals surface area contributed by atoms with E-state index in [2.05, 4.69) is 5.32 Å². The SMILES string of the molecule is O=C(N[C@H]1CCC[C@H]1C(=O)O)C1Cc2cc(Cl)ccc2O1. The second-order valence-electron chi connectivity index (χ2n) is 5.55. The van der Waals surface area contributed by atoms with Crippen molar-refractivity contribution in [2.75, 3.05) is 0 Å². The number of hydrogen-bond acceptors (Lipinski definition) is 3. The molecule has 0 saturated heterocycles. The highest BCUT2D eigenvalue weighted by Crippen LogP contribution is 2.32. The van der Waals surface area contributed by atoms with Crippen molar-refractivity contribution in [1.82, 2.24) is 5.32 Å². The van der Waals surface area contributed by atoms with Gasteiger partial charge in [0.25, 0.3) is 5.91 Å². The topological polar surface area (TPSA) is 75.6 Å². The Morgan fingerprint density at radius 3 is 2.90 bits per heavy atom. The van der Waals surface area contributed by atoms with Crippen LogP contribution < -0.4 is 10.1 Å². The predicted octanol–water partition coefficient (Wildman–Crippen LogP) is 2.01. The summed E-state index contributed by atoms with van der Waals surface area (Å²) in [6.07, 6.45) is 2.00. The predicted molar refractivity (Wildman–Crippen MR) is 76.5 cm³/mol. The van der Waals surface area contributed by atoms with Gasteiger partial charge in [-0.3, -0.25) is 9.59 Å². The Morgan fingerprint density at radius 1 is 1.33 bits per heavy atom. The number of nitrogens with one attached hydrogen (secondary N) is 1. The molecule has 2 N–H and O–H groups in total. The number of carboxylic acids is 1. The highest BCUT2D eigenvalue weighted by atomic mass is 35.5. The minimum Gasteiger partial charge on any atom is -0.481 e. The van der Waals surface area contributed by atoms with E-state index in [-0.39, 0.29) is 11.9 Å². The summed E-state index contributed by atoms with van der Waals surface area (Å²) in [6, 6.07) is 4.96. The first-order chi connectivity index (χ1) is 10.0. The van der Waals surface area contributed by atoms with Gasteiger partial charge in [0.15, 0.2) is 6.10 Å². The Morgan fingerprint density at radius 2 is 2.14 bits per heavy atom. The molecule has 112 valence electrons. The van der Waals surface area contributed by atoms with Gasteiger partial charge in [0.1, 0.15) is 5.75 Å². The Hall–Kier alpha value is -1.75. The molecule has 0 spiro atoms. The van der Waals surface area contributed by atoms with Crippen LogP contribution in [0, 0.1) is 5.92 Å². The minimum atomic E-state index is -0.847. The van der Waals surface area contributed by atoms with Crippen LogP contribution in [0.2, 0.25) is 5.02 Å². The van der Waals surface area contributed by atoms with E-state index >= 15 is 0 Å². The summed E-state index contributed by atoms with van der Waals surface area (Å²) in [5.41, 5.74) is 0.906. The average Bonchev–Trinajstić information content (AvgIpc) is 3.04. The van der Waals surface area contributed by atoms with E-state index in [0.717, 1.165) is 12.0 Å². The number of carbonyl (C=O) groups is 2. The first-order valence-corrected chi connectivity index (χ1v) is 7.40. The van der Waals surface area contributed by atoms with E-state index in [9.17, 15) is 9.59 Å². The molecule has 5 nitrogen and oxygen atoms in total. The van der Waals surface area contributed by atoms with E-state index in [1.54, 1.807) is 18.2 Å². The number of fused-ring (bicyclic) bond motifs is 1. The van der Waals surface area contributed by atoms with Gasteiger partial charge in [-0.15, -0.1) is 0 Å². The molecule has 1 fully saturated rings. The van der Waals surface area contributed by atoms with Crippen molar-refractivity contribution in [2.24, 2.45) is 5.92 Å². The molecule has 21 heavy (non-hydrogen) atoms. The summed E-state index contributed by atoms with van der Waals surface area (Å²) < 4.78 is 5.61. The molecule has 1 heterocycles. The largest absolute Gasteiger partial charge is 0.481 e. The molecule has 1 aromatic rings. The maximum Gasteiger partial charge on any atom is 0.308 e. The second kappa shape index (κ2) is 5.56. The van der Waals surface area contributed by atoms with E-state index in [0.29, 0.717) is 30.0 Å². The van der Waals surface area contributed by atoms with Crippen LogP contribution >= 0.6 is 11.6 Å². The molecule has 1 unspecified atom stereocenters. The number of benzene rings is 1. The minimum absolute atomic E-state index is 0.250. The van der Waals surface area contributed by atoms with Gasteiger partial charge in [-0.2, -0.15) is 0 Å². The third-order valence-corrected chi connectivity index (χ3v) is 4.39. The van der Waals surface area contributed by atoms with Crippen LogP contribution in [0.4, 0.5) is 0 Å². The number of carbonyl (C=O) groups excluding carboxylic acids is 1. The van der Waals surface area contributed by atoms with E-state index in [1.165, 1.54) is 0 Å². The summed E-state index contributed by atoms with van der Waals surface area (Å²) in [7, 11) is 0. The zero-order valence-electron chi connectivity index (χ0n) is 11.3. The summed E-state index contributed by atoms with van der Waals surface area (Å²) >= 11 is 5.92. The lowest BCUT2D eigenvalue weighted by Crippen LogP contribution is -2.46. The molecule has 2 aliphatic rings. The monoisotopic (exact) mass is 309 g/mol. The molecule has 1 aliphatic carbocycles. The number of halogens is 1. The van der Waals surface area contributed by atoms with Gasteiger partial charge in [0.2, 0.25) is 0 Å². The van der Waals surface area contributed by atoms with Crippen molar-refractivity contribution < 1.29 is 19.4 Å². The Balaban J connectivity index is 1.64. The molecule has 0 aromatic heterocycles. The number of carboxylic acid groups (broad SMARTS) is 1. The lowest BCUT2D eigenvalue weighted by atomic mass is 10.0. The van der Waals surface area contributed by atoms with Crippen molar-refractivity contribution in [2.45, 2.75) is 37.8 Å². The van der Waals surface area contributed by atoms with Crippen molar-refractivity contribution in [3.63, 3.8) is 0 Å². The van der Waals surface area contributed by atoms with Crippen molar-refractivity contribution in [3.8, 4) is 5.75 Å². The molecule has 1 aromatic carbocycles. The molecular weight excluding hydrogens is 294 g/mol. The van der Waals surface area contributed by atoms with Gasteiger partial charge in [-0.1, -0.05) is 18.0 Å². The summed E-state index contributed by atoms with van der Waals surface area (Å²) in [6.45, 7) is 0. The molecular formula is C15H16ClNO4. The fourth-order valence-electron chi connectivity index (χ4n) is 3.07. The van der Waals surface area contributed by atoms with Gasteiger partial charge in [0, 0.05) is 17.5 Å². The number of hydrogen-bond donors (Lipinski definition) is 2. The normalized spacial score (nSPS) is 27.0. The lowest BCUT2D eigenvalue weighted by molar-refractivity contribution is -0.142. The van der Waals surface area contributed by atoms with E-state index in [4.69, 9.17) is 21.4 Å². The van der Waals surface area contributed by atoms with E-state index in [1.807, 2.05) is 0 Å². The standard InChI is InChI=1S/C15H16ClNO4/c16-9-4-5-12-8(6-9)7-13(21-12)14(18)17-11-3-1-2-10(11)15(19)20/h4-6,10-11,13H,1-3,7H2,(H,17,18)(H,19,20)/t10-,11+,13?/m1/s1. The first-order valence-electron chi connectivity index (χ1n) is 7.03. The van der Waals surface area contributed by atoms with Crippen LogP contribution in [-0.4, -0.2) is 29.1 Å². The van der Waals surface area contributed by atoms with Gasteiger partial charge in [-0.25, -0.2) is 0 Å². The quantitative estimate of drug-likeness (QED) is 0.895. The molecule has 3 atom stereocenters. The number of rotatable bonds is 3. The Bertz CT molecular complexity index is 589. The zero-order valence-corrected chi connectivity index (χ0v) is 12.1. The van der Waals surface area contributed by atoms with Crippen LogP contribution in [0.1, 0.15) is 24.8 Å². The smallest absolute Gasteiger partial charge is 0.308 e. The molecule has 0 radical (unpaired) electrons. The fourth-order valence-corrected chi connectivity index (χ4v) is 3.26. The molecule has 1 amide bonds. The molecule has 6 heteroatoms. The summed E-state index contributed by atoms with van der Waals surface area (Å²) in [4.78, 5) is 23.4. The van der Waals surface area contributed by atoms with Gasteiger partial charge in [0.05, 0.1) is 5.92 Å². The molecule has 1 saturated carbocycles. The highest BCUT2D eigenvalue weighted by Gasteiger charge is 2.37. The molecule has 3 rings (SSSR count). The summed E-state index contributed by atoms with van der Waals surface area (Å²) in [5.74, 6) is -0.923. The van der Waals surface area contributed by atoms with Crippen LogP contribution in [0.3, 0.4) is 0 Å². The van der Waals surface area contributed by atoms with Crippen molar-refractivity contribution in [1.29, 1.82) is 0 Å². The highest BCUT2D eigenvalue weighted by molar-refractivity contribution is 6.30. The van der Waals surface area contributed by atoms with Gasteiger partial charge in [-0.05, 0) is 36.6 Å². The maximum absolute atomic E-state index is 12.3. The van der Waals surface area contributed by atoms with Crippen molar-refractivity contribution in [3.05, 3.63) is 28.8 Å². The van der Waals surface area contributed by atoms with Crippen LogP contribution in [0.5, 0.6) is 5.75 Å². The average molecular weight is 310 g/mol. The first kappa shape index (κ1) is 14.2. The number of ether oxygens (including phenoxy) is 1. The zero-order chi connectivity index (χ0) is 15.0. The molecule has 0 bridgehead atoms. The third-order valence-electron chi connectivity index (χ3n) is 4.15. The maximum atomic E-state index is 12.3. The summed E-state index contributed by atoms with van der Waals surface area (Å²) in [5, 5.41) is 12.6. The van der Waals surface area contributed by atoms with Gasteiger partial charge >= 0.3 is 5.97 Å². The Kier molecular flexibility index (Phi) is 3.76. The fraction of sp³-hybridized carbons (Fsp3) is 0.467. The Labute approximate surface area is 127 Å². The van der Waals surface area contributed by atoms with Crippen molar-refractivity contribution >= 4 is 23.5 Å². The lowest BCUT2D eigenvalue weighted by Gasteiger charge is -2.19. The third kappa shape index (κ3) is 2.83. The number of aliphatic carboxylic acids is 1. The van der Waals surface area contributed by atoms with Crippen LogP contribution in [0.25, 0.3) is 0 Å². The second-order valence-corrected chi connectivity index (χ2v) is 5.99. The molecule has 1 aliphatic heterocycles. The van der Waals surface area contributed by atoms with Crippen LogP contribution in [-0.2, 0) is 16.0 Å². The number of amides is 1. The van der Waals surface area contributed by atoms with E-state index < -0.39 is 18.0 Å².